The fraction of sp³-hybridized carbons (Fsp3) is 0.333. The van der Waals surface area contributed by atoms with Gasteiger partial charge in [0.15, 0.2) is 6.10 Å². The maximum Gasteiger partial charge on any atom is 0.340 e. The fourth-order valence-corrected chi connectivity index (χ4v) is 2.44. The maximum atomic E-state index is 12.0. The zero-order valence-corrected chi connectivity index (χ0v) is 13.2. The van der Waals surface area contributed by atoms with Crippen LogP contribution in [0.1, 0.15) is 17.3 Å². The topological polar surface area (TPSA) is 107 Å². The van der Waals surface area contributed by atoms with Crippen LogP contribution >= 0.6 is 11.6 Å². The molecule has 21 heavy (non-hydrogen) atoms. The molecule has 2 N–H and O–H groups in total. The van der Waals surface area contributed by atoms with Crippen molar-refractivity contribution >= 4 is 33.5 Å². The van der Waals surface area contributed by atoms with Crippen molar-refractivity contribution in [3.8, 4) is 0 Å². The first-order valence-electron chi connectivity index (χ1n) is 5.79. The highest BCUT2D eigenvalue weighted by molar-refractivity contribution is 7.89. The summed E-state index contributed by atoms with van der Waals surface area (Å²) in [5.74, 6) is -1.75. The normalized spacial score (nSPS) is 13.0. The number of hydrogen-bond acceptors (Lipinski definition) is 5. The van der Waals surface area contributed by atoms with Crippen molar-refractivity contribution in [2.24, 2.45) is 5.73 Å². The summed E-state index contributed by atoms with van der Waals surface area (Å²) in [6.45, 7) is 1.30. The molecule has 0 aliphatic carbocycles. The minimum absolute atomic E-state index is 0.00868. The molecule has 0 aliphatic heterocycles. The smallest absolute Gasteiger partial charge is 0.340 e. The summed E-state index contributed by atoms with van der Waals surface area (Å²) in [6.07, 6.45) is -1.15. The Bertz CT molecular complexity index is 672. The first-order chi connectivity index (χ1) is 9.57. The highest BCUT2D eigenvalue weighted by atomic mass is 35.5. The molecule has 1 rings (SSSR count). The lowest BCUT2D eigenvalue weighted by Crippen LogP contribution is -2.30. The molecular formula is C12H15ClN2O5S. The Morgan fingerprint density at radius 3 is 2.38 bits per heavy atom. The first kappa shape index (κ1) is 17.4. The number of rotatable bonds is 5. The van der Waals surface area contributed by atoms with Crippen LogP contribution in [0.25, 0.3) is 0 Å². The largest absolute Gasteiger partial charge is 0.449 e. The molecule has 1 aromatic carbocycles. The van der Waals surface area contributed by atoms with E-state index >= 15 is 0 Å². The van der Waals surface area contributed by atoms with E-state index in [0.717, 1.165) is 10.4 Å². The Hall–Kier alpha value is -1.64. The molecule has 116 valence electrons. The number of hydrogen-bond donors (Lipinski definition) is 1. The van der Waals surface area contributed by atoms with Gasteiger partial charge in [-0.1, -0.05) is 11.6 Å². The average molecular weight is 335 g/mol. The second kappa shape index (κ2) is 6.42. The van der Waals surface area contributed by atoms with E-state index in [1.165, 1.54) is 33.2 Å². The molecule has 0 saturated carbocycles. The molecule has 0 spiro atoms. The van der Waals surface area contributed by atoms with Gasteiger partial charge in [-0.2, -0.15) is 0 Å². The molecule has 0 radical (unpaired) electrons. The van der Waals surface area contributed by atoms with Gasteiger partial charge in [-0.15, -0.1) is 0 Å². The Balaban J connectivity index is 3.20. The first-order valence-corrected chi connectivity index (χ1v) is 7.61. The number of halogens is 1. The molecule has 7 nitrogen and oxygen atoms in total. The third-order valence-electron chi connectivity index (χ3n) is 2.62. The number of nitrogens with two attached hydrogens (primary N) is 1. The molecule has 0 heterocycles. The maximum absolute atomic E-state index is 12.0. The summed E-state index contributed by atoms with van der Waals surface area (Å²) < 4.78 is 29.8. The van der Waals surface area contributed by atoms with Gasteiger partial charge in [-0.05, 0) is 25.1 Å². The van der Waals surface area contributed by atoms with Crippen molar-refractivity contribution in [3.05, 3.63) is 28.8 Å². The Kier molecular flexibility index (Phi) is 5.32. The SMILES string of the molecule is C[C@@H](OC(=O)c1cc(S(=O)(=O)N(C)C)ccc1Cl)C(N)=O. The summed E-state index contributed by atoms with van der Waals surface area (Å²) in [7, 11) is -1.00. The highest BCUT2D eigenvalue weighted by Crippen LogP contribution is 2.23. The van der Waals surface area contributed by atoms with E-state index in [9.17, 15) is 18.0 Å². The van der Waals surface area contributed by atoms with Gasteiger partial charge in [-0.3, -0.25) is 4.79 Å². The van der Waals surface area contributed by atoms with Crippen LogP contribution in [0.15, 0.2) is 23.1 Å². The van der Waals surface area contributed by atoms with E-state index in [1.807, 2.05) is 0 Å². The predicted octanol–water partition coefficient (Wildman–Crippen LogP) is 0.621. The van der Waals surface area contributed by atoms with Crippen molar-refractivity contribution in [3.63, 3.8) is 0 Å². The van der Waals surface area contributed by atoms with E-state index in [1.54, 1.807) is 0 Å². The van der Waals surface area contributed by atoms with Crippen LogP contribution in [-0.4, -0.2) is 44.8 Å². The van der Waals surface area contributed by atoms with Gasteiger partial charge in [-0.25, -0.2) is 17.5 Å². The van der Waals surface area contributed by atoms with Gasteiger partial charge >= 0.3 is 5.97 Å². The van der Waals surface area contributed by atoms with Crippen LogP contribution in [0.3, 0.4) is 0 Å². The van der Waals surface area contributed by atoms with Crippen LogP contribution < -0.4 is 5.73 Å². The van der Waals surface area contributed by atoms with Gasteiger partial charge in [0.25, 0.3) is 5.91 Å². The zero-order chi connectivity index (χ0) is 16.4. The lowest BCUT2D eigenvalue weighted by molar-refractivity contribution is -0.125. The number of ether oxygens (including phenoxy) is 1. The summed E-state index contributed by atoms with van der Waals surface area (Å²) in [6, 6.07) is 3.63. The van der Waals surface area contributed by atoms with Gasteiger partial charge in [0.2, 0.25) is 10.0 Å². The van der Waals surface area contributed by atoms with Crippen molar-refractivity contribution in [2.45, 2.75) is 17.9 Å². The van der Waals surface area contributed by atoms with E-state index in [4.69, 9.17) is 22.1 Å². The number of carbonyl (C=O) groups excluding carboxylic acids is 2. The number of benzene rings is 1. The Morgan fingerprint density at radius 2 is 1.90 bits per heavy atom. The number of nitrogens with zero attached hydrogens (tertiary/aromatic N) is 1. The molecular weight excluding hydrogens is 320 g/mol. The van der Waals surface area contributed by atoms with E-state index in [-0.39, 0.29) is 15.5 Å². The molecule has 1 aromatic rings. The molecule has 0 saturated heterocycles. The molecule has 0 unspecified atom stereocenters. The monoisotopic (exact) mass is 334 g/mol. The summed E-state index contributed by atoms with van der Waals surface area (Å²) in [5, 5.41) is 0.00868. The molecule has 0 aromatic heterocycles. The van der Waals surface area contributed by atoms with Crippen molar-refractivity contribution in [1.29, 1.82) is 0 Å². The number of esters is 1. The number of amides is 1. The summed E-state index contributed by atoms with van der Waals surface area (Å²) in [5.41, 5.74) is 4.83. The average Bonchev–Trinajstić information content (AvgIpc) is 2.38. The predicted molar refractivity (Wildman–Crippen MR) is 76.4 cm³/mol. The van der Waals surface area contributed by atoms with Crippen molar-refractivity contribution in [1.82, 2.24) is 4.31 Å². The third-order valence-corrected chi connectivity index (χ3v) is 4.76. The number of sulfonamides is 1. The standard InChI is InChI=1S/C12H15ClN2O5S/c1-7(11(14)16)20-12(17)9-6-8(4-5-10(9)13)21(18,19)15(2)3/h4-7H,1-3H3,(H2,14,16)/t7-/m1/s1. The summed E-state index contributed by atoms with van der Waals surface area (Å²) >= 11 is 5.86. The van der Waals surface area contributed by atoms with E-state index in [0.29, 0.717) is 0 Å². The van der Waals surface area contributed by atoms with Crippen molar-refractivity contribution < 1.29 is 22.7 Å². The van der Waals surface area contributed by atoms with Crippen LogP contribution in [0.2, 0.25) is 5.02 Å². The molecule has 9 heteroatoms. The Labute approximate surface area is 127 Å². The second-order valence-electron chi connectivity index (χ2n) is 4.38. The number of primary amides is 1. The van der Waals surface area contributed by atoms with Crippen LogP contribution in [0, 0.1) is 0 Å². The lowest BCUT2D eigenvalue weighted by Gasteiger charge is -2.14. The highest BCUT2D eigenvalue weighted by Gasteiger charge is 2.23. The Morgan fingerprint density at radius 1 is 1.33 bits per heavy atom. The third kappa shape index (κ3) is 3.93. The lowest BCUT2D eigenvalue weighted by atomic mass is 10.2. The molecule has 0 bridgehead atoms. The van der Waals surface area contributed by atoms with Crippen molar-refractivity contribution in [2.75, 3.05) is 14.1 Å². The van der Waals surface area contributed by atoms with Gasteiger partial charge in [0, 0.05) is 14.1 Å². The second-order valence-corrected chi connectivity index (χ2v) is 6.94. The van der Waals surface area contributed by atoms with Crippen LogP contribution in [0.4, 0.5) is 0 Å². The minimum atomic E-state index is -3.72. The van der Waals surface area contributed by atoms with Gasteiger partial charge in [0.1, 0.15) is 0 Å². The van der Waals surface area contributed by atoms with Gasteiger partial charge < -0.3 is 10.5 Å². The van der Waals surface area contributed by atoms with Gasteiger partial charge in [0.05, 0.1) is 15.5 Å². The molecule has 0 aliphatic rings. The van der Waals surface area contributed by atoms with Crippen LogP contribution in [-0.2, 0) is 19.6 Å². The number of carbonyl (C=O) groups is 2. The minimum Gasteiger partial charge on any atom is -0.449 e. The molecule has 1 atom stereocenters. The quantitative estimate of drug-likeness (QED) is 0.794. The zero-order valence-electron chi connectivity index (χ0n) is 11.7. The fourth-order valence-electron chi connectivity index (χ4n) is 1.31. The molecule has 1 amide bonds. The van der Waals surface area contributed by atoms with E-state index < -0.39 is 28.0 Å². The van der Waals surface area contributed by atoms with E-state index in [2.05, 4.69) is 0 Å². The van der Waals surface area contributed by atoms with Crippen LogP contribution in [0.5, 0.6) is 0 Å². The molecule has 0 fully saturated rings. The summed E-state index contributed by atoms with van der Waals surface area (Å²) in [4.78, 5) is 22.7.